The molecule has 156 valence electrons. The molecule has 0 unspecified atom stereocenters. The minimum Gasteiger partial charge on any atom is -0.465 e. The SMILES string of the molecule is COC(=O)c1cc(-c2cccc(CCCOC(=O)C(C)(C)C)c2C(N)=O)sc1C. The maximum atomic E-state index is 12.2. The van der Waals surface area contributed by atoms with Gasteiger partial charge in [-0.1, -0.05) is 18.2 Å². The highest BCUT2D eigenvalue weighted by Gasteiger charge is 2.23. The molecule has 0 fully saturated rings. The van der Waals surface area contributed by atoms with Gasteiger partial charge in [0.05, 0.1) is 30.3 Å². The Hall–Kier alpha value is -2.67. The summed E-state index contributed by atoms with van der Waals surface area (Å²) >= 11 is 1.41. The van der Waals surface area contributed by atoms with Crippen molar-refractivity contribution < 1.29 is 23.9 Å². The van der Waals surface area contributed by atoms with Crippen molar-refractivity contribution in [2.45, 2.75) is 40.5 Å². The third kappa shape index (κ3) is 5.44. The Kier molecular flexibility index (Phi) is 7.19. The van der Waals surface area contributed by atoms with Crippen LogP contribution in [0.15, 0.2) is 24.3 Å². The lowest BCUT2D eigenvalue weighted by molar-refractivity contribution is -0.153. The lowest BCUT2D eigenvalue weighted by Gasteiger charge is -2.17. The number of nitrogens with two attached hydrogens (primary N) is 1. The smallest absolute Gasteiger partial charge is 0.338 e. The van der Waals surface area contributed by atoms with Crippen molar-refractivity contribution in [1.82, 2.24) is 0 Å². The molecule has 7 heteroatoms. The number of primary amides is 1. The van der Waals surface area contributed by atoms with Gasteiger partial charge >= 0.3 is 11.9 Å². The fourth-order valence-corrected chi connectivity index (χ4v) is 3.92. The summed E-state index contributed by atoms with van der Waals surface area (Å²) in [6.45, 7) is 7.50. The van der Waals surface area contributed by atoms with Crippen molar-refractivity contribution in [3.05, 3.63) is 45.8 Å². The predicted octanol–water partition coefficient (Wildman–Crippen LogP) is 4.13. The van der Waals surface area contributed by atoms with Gasteiger partial charge in [-0.25, -0.2) is 4.79 Å². The van der Waals surface area contributed by atoms with Crippen molar-refractivity contribution in [1.29, 1.82) is 0 Å². The first-order valence-electron chi connectivity index (χ1n) is 9.34. The Balaban J connectivity index is 2.25. The standard InChI is InChI=1S/C22H27NO5S/c1-13-16(20(25)27-5)12-17(29-13)15-10-6-8-14(18(15)19(23)24)9-7-11-28-21(26)22(2,3)4/h6,8,10,12H,7,9,11H2,1-5H3,(H2,23,24). The van der Waals surface area contributed by atoms with Gasteiger partial charge in [0.15, 0.2) is 0 Å². The zero-order valence-electron chi connectivity index (χ0n) is 17.5. The Bertz CT molecular complexity index is 924. The van der Waals surface area contributed by atoms with Gasteiger partial charge in [-0.3, -0.25) is 9.59 Å². The summed E-state index contributed by atoms with van der Waals surface area (Å²) in [5.41, 5.74) is 7.50. The lowest BCUT2D eigenvalue weighted by Crippen LogP contribution is -2.23. The van der Waals surface area contributed by atoms with Crippen LogP contribution in [0, 0.1) is 12.3 Å². The number of amides is 1. The van der Waals surface area contributed by atoms with Crippen molar-refractivity contribution in [3.63, 3.8) is 0 Å². The Morgan fingerprint density at radius 2 is 1.86 bits per heavy atom. The molecule has 0 atom stereocenters. The fraction of sp³-hybridized carbons (Fsp3) is 0.409. The minimum absolute atomic E-state index is 0.259. The average molecular weight is 418 g/mol. The Morgan fingerprint density at radius 3 is 2.45 bits per heavy atom. The summed E-state index contributed by atoms with van der Waals surface area (Å²) in [6, 6.07) is 7.24. The van der Waals surface area contributed by atoms with Gasteiger partial charge in [0.1, 0.15) is 0 Å². The summed E-state index contributed by atoms with van der Waals surface area (Å²) in [7, 11) is 1.33. The lowest BCUT2D eigenvalue weighted by atomic mass is 9.95. The Morgan fingerprint density at radius 1 is 1.17 bits per heavy atom. The highest BCUT2D eigenvalue weighted by atomic mass is 32.1. The van der Waals surface area contributed by atoms with E-state index in [1.165, 1.54) is 18.4 Å². The molecule has 1 heterocycles. The molecule has 2 N–H and O–H groups in total. The molecule has 1 aromatic heterocycles. The molecular weight excluding hydrogens is 390 g/mol. The molecule has 0 saturated heterocycles. The van der Waals surface area contributed by atoms with Crippen LogP contribution in [0.4, 0.5) is 0 Å². The van der Waals surface area contributed by atoms with Crippen LogP contribution in [0.3, 0.4) is 0 Å². The maximum Gasteiger partial charge on any atom is 0.338 e. The van der Waals surface area contributed by atoms with E-state index in [4.69, 9.17) is 15.2 Å². The number of thiophene rings is 1. The second kappa shape index (κ2) is 9.22. The summed E-state index contributed by atoms with van der Waals surface area (Å²) in [4.78, 5) is 37.6. The summed E-state index contributed by atoms with van der Waals surface area (Å²) in [5.74, 6) is -1.21. The topological polar surface area (TPSA) is 95.7 Å². The van der Waals surface area contributed by atoms with Crippen molar-refractivity contribution in [2.75, 3.05) is 13.7 Å². The highest BCUT2D eigenvalue weighted by Crippen LogP contribution is 2.35. The van der Waals surface area contributed by atoms with Crippen LogP contribution >= 0.6 is 11.3 Å². The fourth-order valence-electron chi connectivity index (χ4n) is 2.88. The number of carbonyl (C=O) groups excluding carboxylic acids is 3. The number of esters is 2. The molecule has 2 rings (SSSR count). The molecule has 6 nitrogen and oxygen atoms in total. The van der Waals surface area contributed by atoms with Crippen LogP contribution < -0.4 is 5.73 Å². The van der Waals surface area contributed by atoms with Gasteiger partial charge in [0.2, 0.25) is 5.91 Å². The number of hydrogen-bond acceptors (Lipinski definition) is 6. The normalized spacial score (nSPS) is 11.2. The monoisotopic (exact) mass is 417 g/mol. The van der Waals surface area contributed by atoms with E-state index in [0.29, 0.717) is 29.5 Å². The molecule has 0 spiro atoms. The molecule has 2 aromatic rings. The molecule has 1 amide bonds. The number of hydrogen-bond donors (Lipinski definition) is 1. The molecule has 0 aliphatic carbocycles. The first-order valence-corrected chi connectivity index (χ1v) is 10.2. The van der Waals surface area contributed by atoms with Gasteiger partial charge in [0, 0.05) is 15.3 Å². The van der Waals surface area contributed by atoms with Gasteiger partial charge in [-0.15, -0.1) is 11.3 Å². The molecule has 0 aliphatic heterocycles. The quantitative estimate of drug-likeness (QED) is 0.540. The Labute approximate surface area is 175 Å². The number of aryl methyl sites for hydroxylation is 2. The summed E-state index contributed by atoms with van der Waals surface area (Å²) in [6.07, 6.45) is 1.11. The third-order valence-electron chi connectivity index (χ3n) is 4.42. The van der Waals surface area contributed by atoms with Crippen molar-refractivity contribution in [2.24, 2.45) is 11.1 Å². The van der Waals surface area contributed by atoms with E-state index in [1.54, 1.807) is 26.8 Å². The maximum absolute atomic E-state index is 12.2. The summed E-state index contributed by atoms with van der Waals surface area (Å²) in [5, 5.41) is 0. The van der Waals surface area contributed by atoms with Crippen LogP contribution in [0.25, 0.3) is 10.4 Å². The molecule has 0 radical (unpaired) electrons. The largest absolute Gasteiger partial charge is 0.465 e. The average Bonchev–Trinajstić information content (AvgIpc) is 3.04. The van der Waals surface area contributed by atoms with E-state index in [-0.39, 0.29) is 12.6 Å². The zero-order chi connectivity index (χ0) is 21.8. The molecule has 29 heavy (non-hydrogen) atoms. The minimum atomic E-state index is -0.549. The number of benzene rings is 1. The first-order chi connectivity index (χ1) is 13.6. The second-order valence-corrected chi connectivity index (χ2v) is 9.02. The molecular formula is C22H27NO5S. The van der Waals surface area contributed by atoms with E-state index in [9.17, 15) is 14.4 Å². The zero-order valence-corrected chi connectivity index (χ0v) is 18.3. The molecule has 0 aliphatic rings. The number of methoxy groups -OCH3 is 1. The van der Waals surface area contributed by atoms with Crippen LogP contribution in [0.5, 0.6) is 0 Å². The third-order valence-corrected chi connectivity index (χ3v) is 5.51. The van der Waals surface area contributed by atoms with E-state index in [0.717, 1.165) is 15.3 Å². The van der Waals surface area contributed by atoms with Gasteiger partial charge in [-0.2, -0.15) is 0 Å². The van der Waals surface area contributed by atoms with Crippen molar-refractivity contribution >= 4 is 29.2 Å². The molecule has 1 aromatic carbocycles. The summed E-state index contributed by atoms with van der Waals surface area (Å²) < 4.78 is 10.1. The van der Waals surface area contributed by atoms with E-state index in [2.05, 4.69) is 0 Å². The molecule has 0 bridgehead atoms. The van der Waals surface area contributed by atoms with E-state index >= 15 is 0 Å². The highest BCUT2D eigenvalue weighted by molar-refractivity contribution is 7.15. The predicted molar refractivity (Wildman–Crippen MR) is 113 cm³/mol. The van der Waals surface area contributed by atoms with E-state index in [1.807, 2.05) is 25.1 Å². The van der Waals surface area contributed by atoms with Crippen LogP contribution in [0.1, 0.15) is 58.3 Å². The van der Waals surface area contributed by atoms with Crippen LogP contribution in [0.2, 0.25) is 0 Å². The van der Waals surface area contributed by atoms with Crippen molar-refractivity contribution in [3.8, 4) is 10.4 Å². The second-order valence-electron chi connectivity index (χ2n) is 7.77. The first kappa shape index (κ1) is 22.6. The number of ether oxygens (including phenoxy) is 2. The van der Waals surface area contributed by atoms with E-state index < -0.39 is 17.3 Å². The number of carbonyl (C=O) groups is 3. The van der Waals surface area contributed by atoms with Gasteiger partial charge < -0.3 is 15.2 Å². The van der Waals surface area contributed by atoms with Gasteiger partial charge in [-0.05, 0) is 52.2 Å². The van der Waals surface area contributed by atoms with Crippen LogP contribution in [-0.2, 0) is 20.7 Å². The van der Waals surface area contributed by atoms with Crippen LogP contribution in [-0.4, -0.2) is 31.6 Å². The number of rotatable bonds is 7. The molecule has 0 saturated carbocycles. The van der Waals surface area contributed by atoms with Gasteiger partial charge in [0.25, 0.3) is 0 Å².